The van der Waals surface area contributed by atoms with Gasteiger partial charge in [0.05, 0.1) is 5.56 Å². The van der Waals surface area contributed by atoms with Crippen LogP contribution in [0.3, 0.4) is 0 Å². The quantitative estimate of drug-likeness (QED) is 0.831. The van der Waals surface area contributed by atoms with Crippen molar-refractivity contribution in [3.8, 4) is 0 Å². The van der Waals surface area contributed by atoms with Crippen LogP contribution in [0.5, 0.6) is 0 Å². The van der Waals surface area contributed by atoms with Crippen LogP contribution in [0, 0.1) is 5.82 Å². The lowest BCUT2D eigenvalue weighted by atomic mass is 10.1. The molecular formula is C11H12Cl2FNO. The zero-order chi connectivity index (χ0) is 12.1. The Morgan fingerprint density at radius 2 is 2.25 bits per heavy atom. The summed E-state index contributed by atoms with van der Waals surface area (Å²) in [5, 5.41) is 2.97. The second-order valence-corrected chi connectivity index (χ2v) is 4.29. The van der Waals surface area contributed by atoms with Gasteiger partial charge in [-0.3, -0.25) is 4.79 Å². The molecule has 0 radical (unpaired) electrons. The number of rotatable bonds is 4. The van der Waals surface area contributed by atoms with Gasteiger partial charge in [-0.15, -0.1) is 11.6 Å². The molecule has 0 heterocycles. The minimum atomic E-state index is -0.583. The molecule has 88 valence electrons. The van der Waals surface area contributed by atoms with E-state index in [0.29, 0.717) is 17.3 Å². The van der Waals surface area contributed by atoms with Crippen molar-refractivity contribution < 1.29 is 9.18 Å². The third-order valence-electron chi connectivity index (χ3n) is 2.09. The van der Waals surface area contributed by atoms with Gasteiger partial charge in [0.25, 0.3) is 5.91 Å². The van der Waals surface area contributed by atoms with Gasteiger partial charge in [0.2, 0.25) is 0 Å². The Hall–Kier alpha value is -0.800. The first-order valence-electron chi connectivity index (χ1n) is 4.86. The van der Waals surface area contributed by atoms with E-state index in [0.717, 1.165) is 0 Å². The molecule has 1 aromatic carbocycles. The number of benzene rings is 1. The summed E-state index contributed by atoms with van der Waals surface area (Å²) in [5.74, 6) is -0.614. The van der Waals surface area contributed by atoms with Crippen molar-refractivity contribution in [2.45, 2.75) is 19.4 Å². The van der Waals surface area contributed by atoms with Crippen molar-refractivity contribution in [1.29, 1.82) is 0 Å². The van der Waals surface area contributed by atoms with Gasteiger partial charge in [-0.25, -0.2) is 4.39 Å². The molecule has 0 aliphatic heterocycles. The van der Waals surface area contributed by atoms with Gasteiger partial charge in [-0.1, -0.05) is 11.6 Å². The second kappa shape index (κ2) is 6.06. The largest absolute Gasteiger partial charge is 0.349 e. The SMILES string of the molecule is CC(CCCl)NC(=O)c1cc(Cl)ccc1F. The van der Waals surface area contributed by atoms with Crippen LogP contribution in [0.15, 0.2) is 18.2 Å². The fourth-order valence-electron chi connectivity index (χ4n) is 1.21. The summed E-state index contributed by atoms with van der Waals surface area (Å²) in [5.41, 5.74) is -0.0473. The number of hydrogen-bond donors (Lipinski definition) is 1. The van der Waals surface area contributed by atoms with E-state index in [-0.39, 0.29) is 11.6 Å². The molecule has 2 nitrogen and oxygen atoms in total. The summed E-state index contributed by atoms with van der Waals surface area (Å²) < 4.78 is 13.3. The van der Waals surface area contributed by atoms with Crippen LogP contribution >= 0.6 is 23.2 Å². The van der Waals surface area contributed by atoms with Crippen molar-refractivity contribution in [3.05, 3.63) is 34.6 Å². The summed E-state index contributed by atoms with van der Waals surface area (Å²) in [6.45, 7) is 1.81. The number of halogens is 3. The van der Waals surface area contributed by atoms with Gasteiger partial charge in [-0.2, -0.15) is 0 Å². The van der Waals surface area contributed by atoms with E-state index >= 15 is 0 Å². The van der Waals surface area contributed by atoms with Crippen LogP contribution < -0.4 is 5.32 Å². The standard InChI is InChI=1S/C11H12Cl2FNO/c1-7(4-5-12)15-11(16)9-6-8(13)2-3-10(9)14/h2-3,6-7H,4-5H2,1H3,(H,15,16). The zero-order valence-corrected chi connectivity index (χ0v) is 10.3. The van der Waals surface area contributed by atoms with Gasteiger partial charge in [0.1, 0.15) is 5.82 Å². The molecule has 5 heteroatoms. The molecule has 0 aliphatic rings. The highest BCUT2D eigenvalue weighted by molar-refractivity contribution is 6.31. The lowest BCUT2D eigenvalue weighted by Gasteiger charge is -2.12. The van der Waals surface area contributed by atoms with Crippen LogP contribution in [0.25, 0.3) is 0 Å². The fraction of sp³-hybridized carbons (Fsp3) is 0.364. The Bertz CT molecular complexity index is 384. The van der Waals surface area contributed by atoms with E-state index in [4.69, 9.17) is 23.2 Å². The molecule has 1 aromatic rings. The first kappa shape index (κ1) is 13.3. The Labute approximate surface area is 104 Å². The van der Waals surface area contributed by atoms with Crippen LogP contribution in [0.4, 0.5) is 4.39 Å². The van der Waals surface area contributed by atoms with Crippen LogP contribution in [-0.2, 0) is 0 Å². The monoisotopic (exact) mass is 263 g/mol. The number of amides is 1. The number of alkyl halides is 1. The van der Waals surface area contributed by atoms with E-state index in [1.54, 1.807) is 0 Å². The summed E-state index contributed by atoms with van der Waals surface area (Å²) in [4.78, 5) is 11.7. The molecule has 0 saturated carbocycles. The van der Waals surface area contributed by atoms with Gasteiger partial charge < -0.3 is 5.32 Å². The molecule has 0 spiro atoms. The molecule has 1 rings (SSSR count). The molecular weight excluding hydrogens is 252 g/mol. The van der Waals surface area contributed by atoms with Crippen molar-refractivity contribution in [3.63, 3.8) is 0 Å². The smallest absolute Gasteiger partial charge is 0.254 e. The predicted octanol–water partition coefficient (Wildman–Crippen LogP) is 3.23. The Morgan fingerprint density at radius 1 is 1.56 bits per heavy atom. The van der Waals surface area contributed by atoms with E-state index < -0.39 is 11.7 Å². The van der Waals surface area contributed by atoms with Crippen LogP contribution in [0.1, 0.15) is 23.7 Å². The molecule has 1 amide bonds. The number of hydrogen-bond acceptors (Lipinski definition) is 1. The number of carbonyl (C=O) groups excluding carboxylic acids is 1. The maximum atomic E-state index is 13.3. The molecule has 1 atom stereocenters. The maximum Gasteiger partial charge on any atom is 0.254 e. The Morgan fingerprint density at radius 3 is 2.88 bits per heavy atom. The second-order valence-electron chi connectivity index (χ2n) is 3.48. The lowest BCUT2D eigenvalue weighted by molar-refractivity contribution is 0.0935. The molecule has 1 unspecified atom stereocenters. The van der Waals surface area contributed by atoms with E-state index in [2.05, 4.69) is 5.32 Å². The van der Waals surface area contributed by atoms with Gasteiger partial charge in [0.15, 0.2) is 0 Å². The first-order chi connectivity index (χ1) is 7.54. The summed E-state index contributed by atoms with van der Waals surface area (Å²) >= 11 is 11.2. The number of carbonyl (C=O) groups is 1. The normalized spacial score (nSPS) is 12.2. The third kappa shape index (κ3) is 3.65. The Kier molecular flexibility index (Phi) is 5.03. The van der Waals surface area contributed by atoms with Gasteiger partial charge >= 0.3 is 0 Å². The summed E-state index contributed by atoms with van der Waals surface area (Å²) in [6, 6.07) is 3.78. The molecule has 16 heavy (non-hydrogen) atoms. The molecule has 0 bridgehead atoms. The lowest BCUT2D eigenvalue weighted by Crippen LogP contribution is -2.33. The molecule has 0 aromatic heterocycles. The minimum Gasteiger partial charge on any atom is -0.349 e. The van der Waals surface area contributed by atoms with Crippen molar-refractivity contribution in [1.82, 2.24) is 5.32 Å². The molecule has 0 fully saturated rings. The predicted molar refractivity (Wildman–Crippen MR) is 63.7 cm³/mol. The number of nitrogens with one attached hydrogen (secondary N) is 1. The van der Waals surface area contributed by atoms with E-state index in [1.165, 1.54) is 18.2 Å². The molecule has 0 aliphatic carbocycles. The molecule has 0 saturated heterocycles. The first-order valence-corrected chi connectivity index (χ1v) is 5.77. The van der Waals surface area contributed by atoms with Gasteiger partial charge in [-0.05, 0) is 31.5 Å². The zero-order valence-electron chi connectivity index (χ0n) is 8.77. The van der Waals surface area contributed by atoms with Crippen molar-refractivity contribution in [2.75, 3.05) is 5.88 Å². The summed E-state index contributed by atoms with van der Waals surface area (Å²) in [7, 11) is 0. The van der Waals surface area contributed by atoms with Crippen molar-refractivity contribution >= 4 is 29.1 Å². The summed E-state index contributed by atoms with van der Waals surface area (Å²) in [6.07, 6.45) is 0.634. The Balaban J connectivity index is 2.76. The average Bonchev–Trinajstić information content (AvgIpc) is 2.21. The van der Waals surface area contributed by atoms with Gasteiger partial charge in [0, 0.05) is 16.9 Å². The topological polar surface area (TPSA) is 29.1 Å². The highest BCUT2D eigenvalue weighted by atomic mass is 35.5. The highest BCUT2D eigenvalue weighted by Gasteiger charge is 2.14. The average molecular weight is 264 g/mol. The minimum absolute atomic E-state index is 0.0473. The maximum absolute atomic E-state index is 13.3. The van der Waals surface area contributed by atoms with E-state index in [9.17, 15) is 9.18 Å². The van der Waals surface area contributed by atoms with Crippen LogP contribution in [0.2, 0.25) is 5.02 Å². The molecule has 1 N–H and O–H groups in total. The van der Waals surface area contributed by atoms with Crippen LogP contribution in [-0.4, -0.2) is 17.8 Å². The van der Waals surface area contributed by atoms with E-state index in [1.807, 2.05) is 6.92 Å². The highest BCUT2D eigenvalue weighted by Crippen LogP contribution is 2.15. The third-order valence-corrected chi connectivity index (χ3v) is 2.55. The fourth-order valence-corrected chi connectivity index (χ4v) is 1.71. The van der Waals surface area contributed by atoms with Crippen molar-refractivity contribution in [2.24, 2.45) is 0 Å².